The summed E-state index contributed by atoms with van der Waals surface area (Å²) in [5, 5.41) is 4.20. The molecule has 0 saturated carbocycles. The molecule has 2 unspecified atom stereocenters. The monoisotopic (exact) mass is 254 g/mol. The predicted octanol–water partition coefficient (Wildman–Crippen LogP) is 1.47. The SMILES string of the molecule is Cn1nccc1CCC(NN)C1(C)CCCS1. The lowest BCUT2D eigenvalue weighted by molar-refractivity contribution is 0.384. The van der Waals surface area contributed by atoms with Gasteiger partial charge in [-0.15, -0.1) is 0 Å². The molecule has 1 aromatic heterocycles. The third kappa shape index (κ3) is 2.84. The molecule has 0 spiro atoms. The number of nitrogens with zero attached hydrogens (tertiary/aromatic N) is 2. The zero-order valence-corrected chi connectivity index (χ0v) is 11.5. The molecule has 2 rings (SSSR count). The van der Waals surface area contributed by atoms with E-state index >= 15 is 0 Å². The van der Waals surface area contributed by atoms with Crippen LogP contribution in [-0.4, -0.2) is 26.3 Å². The molecule has 1 aliphatic heterocycles. The molecule has 1 aromatic rings. The van der Waals surface area contributed by atoms with E-state index in [1.807, 2.05) is 17.9 Å². The van der Waals surface area contributed by atoms with E-state index in [2.05, 4.69) is 35.3 Å². The van der Waals surface area contributed by atoms with Gasteiger partial charge >= 0.3 is 0 Å². The van der Waals surface area contributed by atoms with Crippen LogP contribution in [0, 0.1) is 0 Å². The minimum absolute atomic E-state index is 0.299. The summed E-state index contributed by atoms with van der Waals surface area (Å²) in [6, 6.07) is 2.46. The number of hydrogen-bond acceptors (Lipinski definition) is 4. The van der Waals surface area contributed by atoms with Gasteiger partial charge in [0.2, 0.25) is 0 Å². The van der Waals surface area contributed by atoms with Gasteiger partial charge in [0.1, 0.15) is 0 Å². The maximum absolute atomic E-state index is 5.73. The Labute approximate surface area is 107 Å². The largest absolute Gasteiger partial charge is 0.273 e. The van der Waals surface area contributed by atoms with Crippen LogP contribution in [0.25, 0.3) is 0 Å². The van der Waals surface area contributed by atoms with E-state index in [1.54, 1.807) is 0 Å². The van der Waals surface area contributed by atoms with E-state index in [0.717, 1.165) is 12.8 Å². The minimum atomic E-state index is 0.299. The molecular weight excluding hydrogens is 232 g/mol. The summed E-state index contributed by atoms with van der Waals surface area (Å²) in [6.07, 6.45) is 6.52. The molecule has 1 fully saturated rings. The fourth-order valence-electron chi connectivity index (χ4n) is 2.58. The van der Waals surface area contributed by atoms with Crippen molar-refractivity contribution in [2.75, 3.05) is 5.75 Å². The zero-order chi connectivity index (χ0) is 12.3. The van der Waals surface area contributed by atoms with E-state index in [1.165, 1.54) is 24.3 Å². The Bertz CT molecular complexity index is 357. The Kier molecular flexibility index (Phi) is 4.12. The first-order valence-corrected chi connectivity index (χ1v) is 7.21. The van der Waals surface area contributed by atoms with Crippen LogP contribution < -0.4 is 11.3 Å². The lowest BCUT2D eigenvalue weighted by Crippen LogP contribution is -2.48. The summed E-state index contributed by atoms with van der Waals surface area (Å²) >= 11 is 2.05. The molecule has 1 saturated heterocycles. The van der Waals surface area contributed by atoms with E-state index < -0.39 is 0 Å². The van der Waals surface area contributed by atoms with Crippen LogP contribution in [0.4, 0.5) is 0 Å². The zero-order valence-electron chi connectivity index (χ0n) is 10.6. The molecular formula is C12H22N4S. The van der Waals surface area contributed by atoms with Gasteiger partial charge in [-0.1, -0.05) is 0 Å². The fourth-order valence-corrected chi connectivity index (χ4v) is 4.01. The lowest BCUT2D eigenvalue weighted by atomic mass is 9.92. The number of nitrogens with two attached hydrogens (primary N) is 1. The average Bonchev–Trinajstić information content (AvgIpc) is 2.90. The summed E-state index contributed by atoms with van der Waals surface area (Å²) in [6.45, 7) is 2.33. The van der Waals surface area contributed by atoms with Gasteiger partial charge in [-0.3, -0.25) is 16.0 Å². The first-order chi connectivity index (χ1) is 8.15. The summed E-state index contributed by atoms with van der Waals surface area (Å²) < 4.78 is 2.24. The Morgan fingerprint density at radius 3 is 3.06 bits per heavy atom. The maximum atomic E-state index is 5.73. The van der Waals surface area contributed by atoms with Crippen molar-refractivity contribution < 1.29 is 0 Å². The number of aromatic nitrogens is 2. The molecule has 0 bridgehead atoms. The van der Waals surface area contributed by atoms with Crippen molar-refractivity contribution in [2.24, 2.45) is 12.9 Å². The second kappa shape index (κ2) is 5.42. The van der Waals surface area contributed by atoms with Crippen LogP contribution in [-0.2, 0) is 13.5 Å². The molecule has 2 atom stereocenters. The highest BCUT2D eigenvalue weighted by atomic mass is 32.2. The smallest absolute Gasteiger partial charge is 0.0492 e. The number of rotatable bonds is 5. The predicted molar refractivity (Wildman–Crippen MR) is 72.7 cm³/mol. The van der Waals surface area contributed by atoms with Crippen LogP contribution in [0.5, 0.6) is 0 Å². The molecule has 0 radical (unpaired) electrons. The number of thioether (sulfide) groups is 1. The summed E-state index contributed by atoms with van der Waals surface area (Å²) in [5.41, 5.74) is 4.29. The average molecular weight is 254 g/mol. The normalized spacial score (nSPS) is 26.3. The van der Waals surface area contributed by atoms with Crippen molar-refractivity contribution >= 4 is 11.8 Å². The van der Waals surface area contributed by atoms with E-state index in [9.17, 15) is 0 Å². The van der Waals surface area contributed by atoms with Crippen molar-refractivity contribution in [1.82, 2.24) is 15.2 Å². The van der Waals surface area contributed by atoms with E-state index in [-0.39, 0.29) is 0 Å². The molecule has 2 heterocycles. The topological polar surface area (TPSA) is 55.9 Å². The first-order valence-electron chi connectivity index (χ1n) is 6.23. The van der Waals surface area contributed by atoms with E-state index in [0.29, 0.717) is 10.8 Å². The number of hydrogen-bond donors (Lipinski definition) is 2. The van der Waals surface area contributed by atoms with E-state index in [4.69, 9.17) is 5.84 Å². The number of aryl methyl sites for hydroxylation is 2. The van der Waals surface area contributed by atoms with Gasteiger partial charge in [0, 0.05) is 29.7 Å². The van der Waals surface area contributed by atoms with Gasteiger partial charge in [0.25, 0.3) is 0 Å². The standard InChI is InChI=1S/C12H22N4S/c1-12(7-3-9-17-12)11(15-13)5-4-10-6-8-14-16(10)2/h6,8,11,15H,3-5,7,9,13H2,1-2H3. The van der Waals surface area contributed by atoms with Gasteiger partial charge in [0.15, 0.2) is 0 Å². The Morgan fingerprint density at radius 2 is 2.53 bits per heavy atom. The van der Waals surface area contributed by atoms with Crippen LogP contribution in [0.3, 0.4) is 0 Å². The quantitative estimate of drug-likeness (QED) is 0.617. The first kappa shape index (κ1) is 12.9. The highest BCUT2D eigenvalue weighted by molar-refractivity contribution is 8.00. The minimum Gasteiger partial charge on any atom is -0.273 e. The molecule has 4 nitrogen and oxygen atoms in total. The Hall–Kier alpha value is -0.520. The van der Waals surface area contributed by atoms with Gasteiger partial charge < -0.3 is 0 Å². The Balaban J connectivity index is 1.94. The van der Waals surface area contributed by atoms with Gasteiger partial charge in [0.05, 0.1) is 0 Å². The molecule has 17 heavy (non-hydrogen) atoms. The van der Waals surface area contributed by atoms with Crippen LogP contribution in [0.1, 0.15) is 31.9 Å². The summed E-state index contributed by atoms with van der Waals surface area (Å²) in [5.74, 6) is 6.99. The second-order valence-electron chi connectivity index (χ2n) is 4.97. The van der Waals surface area contributed by atoms with Gasteiger partial charge in [-0.2, -0.15) is 16.9 Å². The van der Waals surface area contributed by atoms with Gasteiger partial charge in [-0.25, -0.2) is 0 Å². The molecule has 3 N–H and O–H groups in total. The van der Waals surface area contributed by atoms with Crippen molar-refractivity contribution in [3.05, 3.63) is 18.0 Å². The van der Waals surface area contributed by atoms with Crippen molar-refractivity contribution in [2.45, 2.75) is 43.4 Å². The van der Waals surface area contributed by atoms with Crippen molar-refractivity contribution in [3.63, 3.8) is 0 Å². The van der Waals surface area contributed by atoms with Crippen molar-refractivity contribution in [3.8, 4) is 0 Å². The number of hydrazine groups is 1. The maximum Gasteiger partial charge on any atom is 0.0492 e. The van der Waals surface area contributed by atoms with Crippen LogP contribution >= 0.6 is 11.8 Å². The molecule has 1 aliphatic rings. The summed E-state index contributed by atoms with van der Waals surface area (Å²) in [4.78, 5) is 0. The van der Waals surface area contributed by atoms with Gasteiger partial charge in [-0.05, 0) is 44.4 Å². The molecule has 0 aromatic carbocycles. The number of nitrogens with one attached hydrogen (secondary N) is 1. The third-order valence-electron chi connectivity index (χ3n) is 3.80. The summed E-state index contributed by atoms with van der Waals surface area (Å²) in [7, 11) is 1.99. The van der Waals surface area contributed by atoms with Crippen LogP contribution in [0.15, 0.2) is 12.3 Å². The second-order valence-corrected chi connectivity index (χ2v) is 6.60. The Morgan fingerprint density at radius 1 is 1.71 bits per heavy atom. The van der Waals surface area contributed by atoms with Crippen LogP contribution in [0.2, 0.25) is 0 Å². The molecule has 0 aliphatic carbocycles. The molecule has 96 valence electrons. The highest BCUT2D eigenvalue weighted by Gasteiger charge is 2.36. The molecule has 5 heteroatoms. The molecule has 0 amide bonds. The van der Waals surface area contributed by atoms with Crippen molar-refractivity contribution in [1.29, 1.82) is 0 Å². The lowest BCUT2D eigenvalue weighted by Gasteiger charge is -2.32. The fraction of sp³-hybridized carbons (Fsp3) is 0.750. The third-order valence-corrected chi connectivity index (χ3v) is 5.44. The highest BCUT2D eigenvalue weighted by Crippen LogP contribution is 2.41.